The zero-order chi connectivity index (χ0) is 27.8. The van der Waals surface area contributed by atoms with Crippen LogP contribution in [0.3, 0.4) is 0 Å². The maximum atomic E-state index is 11.5. The number of hydrogen-bond donors (Lipinski definition) is 5. The molecule has 0 radical (unpaired) electrons. The minimum absolute atomic E-state index is 0.0892. The summed E-state index contributed by atoms with van der Waals surface area (Å²) in [5, 5.41) is 33.0. The number of para-hydroxylation sites is 1. The number of imide groups is 2. The highest BCUT2D eigenvalue weighted by molar-refractivity contribution is 6.00. The molecule has 13 heteroatoms. The molecule has 2 aliphatic heterocycles. The van der Waals surface area contributed by atoms with E-state index in [2.05, 4.69) is 10.6 Å². The SMILES string of the molecule is C[C@@H](CN1CC(=O)NC(=O)C1)N1CC(=O)NC(=O)C1.O=c1ccn(CCO)c(Cc2ccccc2O)c1O. The van der Waals surface area contributed by atoms with Crippen LogP contribution in [0.2, 0.25) is 0 Å². The lowest BCUT2D eigenvalue weighted by Crippen LogP contribution is -2.58. The maximum absolute atomic E-state index is 11.5. The molecule has 1 aromatic heterocycles. The first-order chi connectivity index (χ1) is 18.1. The average Bonchev–Trinajstić information content (AvgIpc) is 2.84. The number of phenolic OH excluding ortho intramolecular Hbond substituents is 1. The smallest absolute Gasteiger partial charge is 0.240 e. The molecule has 0 saturated carbocycles. The second kappa shape index (κ2) is 12.9. The van der Waals surface area contributed by atoms with Gasteiger partial charge >= 0.3 is 0 Å². The molecule has 3 heterocycles. The third kappa shape index (κ3) is 7.71. The number of carbonyl (C=O) groups is 4. The van der Waals surface area contributed by atoms with Crippen molar-refractivity contribution in [2.75, 3.05) is 39.3 Å². The van der Waals surface area contributed by atoms with Gasteiger partial charge in [-0.2, -0.15) is 0 Å². The van der Waals surface area contributed by atoms with Crippen molar-refractivity contribution >= 4 is 23.6 Å². The summed E-state index contributed by atoms with van der Waals surface area (Å²) >= 11 is 0. The summed E-state index contributed by atoms with van der Waals surface area (Å²) in [6.45, 7) is 3.12. The highest BCUT2D eigenvalue weighted by Crippen LogP contribution is 2.23. The summed E-state index contributed by atoms with van der Waals surface area (Å²) in [5.41, 5.74) is 0.512. The third-order valence-corrected chi connectivity index (χ3v) is 6.08. The Kier molecular flexibility index (Phi) is 9.71. The zero-order valence-electron chi connectivity index (χ0n) is 20.9. The number of phenols is 1. The van der Waals surface area contributed by atoms with Crippen molar-refractivity contribution < 1.29 is 34.5 Å². The minimum atomic E-state index is -0.473. The molecule has 4 amide bonds. The van der Waals surface area contributed by atoms with Gasteiger partial charge in [-0.15, -0.1) is 0 Å². The van der Waals surface area contributed by atoms with E-state index in [4.69, 9.17) is 5.11 Å². The molecule has 1 aromatic carbocycles. The van der Waals surface area contributed by atoms with Gasteiger partial charge in [0.2, 0.25) is 29.1 Å². The fourth-order valence-corrected chi connectivity index (χ4v) is 4.23. The standard InChI is InChI=1S/C14H15NO4.C11H16N4O4/c16-8-7-15-6-5-13(18)14(19)11(15)9-10-3-1-2-4-12(10)17;1-7(15-5-10(18)13-11(19)6-15)2-14-3-8(16)12-9(17)4-14/h1-6,16-17,19H,7-9H2;7H,2-6H2,1H3,(H,12,16,17)(H,13,18,19)/t;7-/m.0/s1. The van der Waals surface area contributed by atoms with Crippen LogP contribution < -0.4 is 16.1 Å². The largest absolute Gasteiger partial charge is 0.508 e. The first kappa shape index (κ1) is 28.5. The molecule has 2 saturated heterocycles. The molecule has 4 rings (SSSR count). The van der Waals surface area contributed by atoms with Crippen molar-refractivity contribution in [3.8, 4) is 11.5 Å². The van der Waals surface area contributed by atoms with Crippen LogP contribution in [-0.2, 0) is 32.1 Å². The van der Waals surface area contributed by atoms with Gasteiger partial charge in [0.25, 0.3) is 0 Å². The van der Waals surface area contributed by atoms with Gasteiger partial charge in [-0.3, -0.25) is 44.4 Å². The van der Waals surface area contributed by atoms with E-state index >= 15 is 0 Å². The number of aromatic nitrogens is 1. The highest BCUT2D eigenvalue weighted by Gasteiger charge is 2.29. The molecule has 2 aromatic rings. The molecule has 13 nitrogen and oxygen atoms in total. The number of nitrogens with one attached hydrogen (secondary N) is 2. The lowest BCUT2D eigenvalue weighted by Gasteiger charge is -2.35. The van der Waals surface area contributed by atoms with Crippen molar-refractivity contribution in [3.05, 3.63) is 58.0 Å². The first-order valence-corrected chi connectivity index (χ1v) is 12.0. The van der Waals surface area contributed by atoms with E-state index in [9.17, 15) is 34.2 Å². The van der Waals surface area contributed by atoms with Crippen LogP contribution in [0, 0.1) is 0 Å². The molecule has 0 spiro atoms. The number of aliphatic hydroxyl groups is 1. The predicted molar refractivity (Wildman–Crippen MR) is 134 cm³/mol. The van der Waals surface area contributed by atoms with E-state index in [-0.39, 0.29) is 86.9 Å². The summed E-state index contributed by atoms with van der Waals surface area (Å²) in [5.74, 6) is -1.54. The number of carbonyl (C=O) groups excluding carboxylic acids is 4. The van der Waals surface area contributed by atoms with Crippen molar-refractivity contribution in [1.29, 1.82) is 0 Å². The Labute approximate surface area is 218 Å². The number of pyridine rings is 1. The van der Waals surface area contributed by atoms with Crippen LogP contribution in [-0.4, -0.2) is 98.7 Å². The van der Waals surface area contributed by atoms with E-state index in [1.165, 1.54) is 12.3 Å². The van der Waals surface area contributed by atoms with Gasteiger partial charge in [-0.25, -0.2) is 0 Å². The molecule has 2 fully saturated rings. The summed E-state index contributed by atoms with van der Waals surface area (Å²) in [7, 11) is 0. The normalized spacial score (nSPS) is 17.3. The number of hydrogen-bond acceptors (Lipinski definition) is 10. The number of aliphatic hydroxyl groups excluding tert-OH is 1. The number of benzene rings is 1. The minimum Gasteiger partial charge on any atom is -0.508 e. The van der Waals surface area contributed by atoms with Gasteiger partial charge < -0.3 is 19.9 Å². The Hall–Kier alpha value is -4.07. The summed E-state index contributed by atoms with van der Waals surface area (Å²) in [4.78, 5) is 60.0. The first-order valence-electron chi connectivity index (χ1n) is 12.0. The monoisotopic (exact) mass is 529 g/mol. The van der Waals surface area contributed by atoms with Crippen LogP contribution in [0.25, 0.3) is 0 Å². The second-order valence-electron chi connectivity index (χ2n) is 9.06. The fourth-order valence-electron chi connectivity index (χ4n) is 4.23. The number of rotatable bonds is 7. The lowest BCUT2D eigenvalue weighted by atomic mass is 10.1. The van der Waals surface area contributed by atoms with Gasteiger partial charge in [0.15, 0.2) is 5.75 Å². The number of piperazine rings is 2. The topological polar surface area (TPSA) is 182 Å². The average molecular weight is 530 g/mol. The van der Waals surface area contributed by atoms with Crippen LogP contribution >= 0.6 is 0 Å². The lowest BCUT2D eigenvalue weighted by molar-refractivity contribution is -0.140. The molecule has 0 unspecified atom stereocenters. The van der Waals surface area contributed by atoms with Crippen molar-refractivity contribution in [1.82, 2.24) is 25.0 Å². The van der Waals surface area contributed by atoms with Crippen LogP contribution in [0.4, 0.5) is 0 Å². The number of amides is 4. The van der Waals surface area contributed by atoms with E-state index < -0.39 is 5.43 Å². The van der Waals surface area contributed by atoms with E-state index in [0.29, 0.717) is 17.8 Å². The molecule has 0 aliphatic carbocycles. The zero-order valence-corrected chi connectivity index (χ0v) is 20.9. The van der Waals surface area contributed by atoms with Crippen molar-refractivity contribution in [2.24, 2.45) is 0 Å². The number of aromatic hydroxyl groups is 2. The van der Waals surface area contributed by atoms with Gasteiger partial charge in [0.05, 0.1) is 38.5 Å². The van der Waals surface area contributed by atoms with E-state index in [1.807, 2.05) is 6.92 Å². The molecule has 0 bridgehead atoms. The fraction of sp³-hybridized carbons (Fsp3) is 0.400. The van der Waals surface area contributed by atoms with Crippen LogP contribution in [0.1, 0.15) is 18.2 Å². The number of nitrogens with zero attached hydrogens (tertiary/aromatic N) is 3. The van der Waals surface area contributed by atoms with Gasteiger partial charge in [-0.05, 0) is 18.6 Å². The van der Waals surface area contributed by atoms with Gasteiger partial charge in [-0.1, -0.05) is 18.2 Å². The van der Waals surface area contributed by atoms with Gasteiger partial charge in [0.1, 0.15) is 5.75 Å². The van der Waals surface area contributed by atoms with E-state index in [1.54, 1.807) is 38.6 Å². The van der Waals surface area contributed by atoms with Crippen molar-refractivity contribution in [2.45, 2.75) is 25.9 Å². The summed E-state index contributed by atoms with van der Waals surface area (Å²) in [6.07, 6.45) is 1.74. The molecule has 204 valence electrons. The Balaban J connectivity index is 0.000000211. The third-order valence-electron chi connectivity index (χ3n) is 6.08. The molecule has 2 aliphatic rings. The van der Waals surface area contributed by atoms with Crippen molar-refractivity contribution in [3.63, 3.8) is 0 Å². The molecular formula is C25H31N5O8. The Morgan fingerprint density at radius 2 is 1.45 bits per heavy atom. The van der Waals surface area contributed by atoms with Crippen LogP contribution in [0.15, 0.2) is 41.3 Å². The Morgan fingerprint density at radius 1 is 0.868 bits per heavy atom. The van der Waals surface area contributed by atoms with Gasteiger partial charge in [0, 0.05) is 37.8 Å². The quantitative estimate of drug-likeness (QED) is 0.255. The summed E-state index contributed by atoms with van der Waals surface area (Å²) < 4.78 is 1.60. The second-order valence-corrected chi connectivity index (χ2v) is 9.06. The highest BCUT2D eigenvalue weighted by atomic mass is 16.3. The van der Waals surface area contributed by atoms with E-state index in [0.717, 1.165) is 0 Å². The molecule has 1 atom stereocenters. The molecular weight excluding hydrogens is 498 g/mol. The molecule has 38 heavy (non-hydrogen) atoms. The predicted octanol–water partition coefficient (Wildman–Crippen LogP) is -1.87. The summed E-state index contributed by atoms with van der Waals surface area (Å²) in [6, 6.07) is 7.89. The Bertz CT molecular complexity index is 1230. The maximum Gasteiger partial charge on any atom is 0.240 e. The Morgan fingerprint density at radius 3 is 2.03 bits per heavy atom. The van der Waals surface area contributed by atoms with Crippen LogP contribution in [0.5, 0.6) is 11.5 Å². The molecule has 5 N–H and O–H groups in total.